The van der Waals surface area contributed by atoms with E-state index in [0.717, 1.165) is 26.1 Å². The largest absolute Gasteiger partial charge is 0.378 e. The summed E-state index contributed by atoms with van der Waals surface area (Å²) in [5.41, 5.74) is 1.43. The average Bonchev–Trinajstić information content (AvgIpc) is 2.82. The first-order chi connectivity index (χ1) is 9.59. The molecule has 2 nitrogen and oxygen atoms in total. The van der Waals surface area contributed by atoms with E-state index in [9.17, 15) is 0 Å². The maximum absolute atomic E-state index is 6.21. The molecule has 2 fully saturated rings. The number of rotatable bonds is 5. The molecule has 1 saturated carbocycles. The quantitative estimate of drug-likeness (QED) is 0.854. The maximum atomic E-state index is 6.21. The van der Waals surface area contributed by atoms with Crippen LogP contribution in [0.3, 0.4) is 0 Å². The molecule has 1 N–H and O–H groups in total. The fraction of sp³-hybridized carbons (Fsp3) is 0.625. The fourth-order valence-electron chi connectivity index (χ4n) is 3.56. The number of fused-ring (bicyclic) bond motifs is 1. The predicted molar refractivity (Wildman–Crippen MR) is 90.9 cm³/mol. The van der Waals surface area contributed by atoms with Crippen LogP contribution in [0, 0.1) is 11.8 Å². The summed E-state index contributed by atoms with van der Waals surface area (Å²) in [6.45, 7) is 7.24. The van der Waals surface area contributed by atoms with E-state index in [-0.39, 0.29) is 17.8 Å². The smallest absolute Gasteiger partial charge is 0.0595 e. The van der Waals surface area contributed by atoms with Gasteiger partial charge in [0, 0.05) is 5.41 Å². The molecule has 1 aromatic carbocycles. The second-order valence-electron chi connectivity index (χ2n) is 6.07. The first-order valence-electron chi connectivity index (χ1n) is 7.37. The van der Waals surface area contributed by atoms with Gasteiger partial charge in [0.25, 0.3) is 0 Å². The number of hydrogen-bond acceptors (Lipinski definition) is 2. The third kappa shape index (κ3) is 2.94. The highest BCUT2D eigenvalue weighted by molar-refractivity contribution is 6.42. The number of piperidine rings is 1. The first kappa shape index (κ1) is 17.4. The molecular weight excluding hydrogens is 329 g/mol. The number of hydrogen-bond donors (Lipinski definition) is 1. The van der Waals surface area contributed by atoms with Crippen molar-refractivity contribution in [3.63, 3.8) is 0 Å². The van der Waals surface area contributed by atoms with E-state index in [2.05, 4.69) is 25.2 Å². The molecule has 1 saturated heterocycles. The highest BCUT2D eigenvalue weighted by Gasteiger charge is 2.67. The van der Waals surface area contributed by atoms with Crippen molar-refractivity contribution < 1.29 is 4.74 Å². The minimum absolute atomic E-state index is 0. The third-order valence-corrected chi connectivity index (χ3v) is 5.81. The van der Waals surface area contributed by atoms with Crippen LogP contribution in [0.25, 0.3) is 0 Å². The van der Waals surface area contributed by atoms with Crippen LogP contribution in [0.5, 0.6) is 0 Å². The lowest BCUT2D eigenvalue weighted by Crippen LogP contribution is -2.31. The zero-order valence-corrected chi connectivity index (χ0v) is 14.7. The lowest BCUT2D eigenvalue weighted by molar-refractivity contribution is 0.0411. The molecule has 2 unspecified atom stereocenters. The fourth-order valence-corrected chi connectivity index (χ4v) is 3.85. The van der Waals surface area contributed by atoms with Crippen LogP contribution < -0.4 is 5.32 Å². The molecule has 1 aliphatic carbocycles. The Bertz CT molecular complexity index is 498. The van der Waals surface area contributed by atoms with Gasteiger partial charge in [-0.3, -0.25) is 0 Å². The monoisotopic (exact) mass is 349 g/mol. The molecular formula is C16H22Cl3NO. The maximum Gasteiger partial charge on any atom is 0.0595 e. The van der Waals surface area contributed by atoms with Crippen LogP contribution >= 0.6 is 35.6 Å². The SMILES string of the molecule is CCC(C)OC[C@@]1(c2ccc(Cl)c(Cl)c2)C2CNC[C@@H]21.Cl. The normalized spacial score (nSPS) is 31.4. The molecule has 21 heavy (non-hydrogen) atoms. The van der Waals surface area contributed by atoms with Crippen LogP contribution in [-0.2, 0) is 10.2 Å². The van der Waals surface area contributed by atoms with Crippen molar-refractivity contribution in [1.82, 2.24) is 5.32 Å². The summed E-state index contributed by atoms with van der Waals surface area (Å²) >= 11 is 12.3. The molecule has 118 valence electrons. The molecule has 1 heterocycles. The van der Waals surface area contributed by atoms with E-state index in [0.29, 0.717) is 28.0 Å². The minimum Gasteiger partial charge on any atom is -0.378 e. The van der Waals surface area contributed by atoms with Crippen LogP contribution in [0.15, 0.2) is 18.2 Å². The lowest BCUT2D eigenvalue weighted by Gasteiger charge is -2.24. The summed E-state index contributed by atoms with van der Waals surface area (Å²) in [6, 6.07) is 6.06. The Balaban J connectivity index is 0.00000161. The van der Waals surface area contributed by atoms with Gasteiger partial charge in [0.15, 0.2) is 0 Å². The Kier molecular flexibility index (Phi) is 5.49. The van der Waals surface area contributed by atoms with Crippen molar-refractivity contribution >= 4 is 35.6 Å². The van der Waals surface area contributed by atoms with Gasteiger partial charge in [-0.15, -0.1) is 12.4 Å². The van der Waals surface area contributed by atoms with Gasteiger partial charge in [0.1, 0.15) is 0 Å². The van der Waals surface area contributed by atoms with Gasteiger partial charge in [-0.2, -0.15) is 0 Å². The molecule has 0 aromatic heterocycles. The summed E-state index contributed by atoms with van der Waals surface area (Å²) in [6.07, 6.45) is 1.36. The summed E-state index contributed by atoms with van der Waals surface area (Å²) in [4.78, 5) is 0. The van der Waals surface area contributed by atoms with Gasteiger partial charge in [-0.25, -0.2) is 0 Å². The second-order valence-corrected chi connectivity index (χ2v) is 6.88. The van der Waals surface area contributed by atoms with E-state index in [1.165, 1.54) is 5.56 Å². The zero-order valence-electron chi connectivity index (χ0n) is 12.4. The number of ether oxygens (including phenoxy) is 1. The van der Waals surface area contributed by atoms with Gasteiger partial charge in [-0.1, -0.05) is 36.2 Å². The van der Waals surface area contributed by atoms with E-state index < -0.39 is 0 Å². The van der Waals surface area contributed by atoms with Crippen LogP contribution in [0.4, 0.5) is 0 Å². The van der Waals surface area contributed by atoms with Crippen molar-refractivity contribution in [3.8, 4) is 0 Å². The Morgan fingerprint density at radius 1 is 1.29 bits per heavy atom. The molecule has 0 amide bonds. The second kappa shape index (κ2) is 6.64. The Labute approximate surface area is 142 Å². The third-order valence-electron chi connectivity index (χ3n) is 5.07. The minimum atomic E-state index is 0. The molecule has 0 spiro atoms. The molecule has 0 radical (unpaired) electrons. The van der Waals surface area contributed by atoms with Crippen LogP contribution in [0.2, 0.25) is 10.0 Å². The van der Waals surface area contributed by atoms with Crippen molar-refractivity contribution in [2.24, 2.45) is 11.8 Å². The number of nitrogens with one attached hydrogen (secondary N) is 1. The van der Waals surface area contributed by atoms with Crippen LogP contribution in [-0.4, -0.2) is 25.8 Å². The molecule has 3 rings (SSSR count). The Morgan fingerprint density at radius 2 is 1.95 bits per heavy atom. The summed E-state index contributed by atoms with van der Waals surface area (Å²) < 4.78 is 6.08. The summed E-state index contributed by atoms with van der Waals surface area (Å²) in [5.74, 6) is 1.34. The van der Waals surface area contributed by atoms with Gasteiger partial charge in [-0.05, 0) is 56.0 Å². The van der Waals surface area contributed by atoms with E-state index >= 15 is 0 Å². The van der Waals surface area contributed by atoms with Crippen molar-refractivity contribution in [2.75, 3.05) is 19.7 Å². The molecule has 1 aromatic rings. The van der Waals surface area contributed by atoms with E-state index in [1.54, 1.807) is 0 Å². The topological polar surface area (TPSA) is 21.3 Å². The average molecular weight is 351 g/mol. The Hall–Kier alpha value is 0.01000. The van der Waals surface area contributed by atoms with Crippen molar-refractivity contribution in [1.29, 1.82) is 0 Å². The molecule has 2 aliphatic rings. The van der Waals surface area contributed by atoms with Crippen molar-refractivity contribution in [2.45, 2.75) is 31.8 Å². The standard InChI is InChI=1S/C16H21Cl2NO.ClH/c1-3-10(2)20-9-16(12-7-19-8-13(12)16)11-4-5-14(17)15(18)6-11;/h4-6,10,12-13,19H,3,7-9H2,1-2H3;1H/t10?,12-,13?,16-;/m0./s1. The number of halogens is 3. The molecule has 1 aliphatic heterocycles. The number of benzene rings is 1. The van der Waals surface area contributed by atoms with E-state index in [4.69, 9.17) is 27.9 Å². The van der Waals surface area contributed by atoms with Gasteiger partial charge in [0.2, 0.25) is 0 Å². The van der Waals surface area contributed by atoms with Crippen molar-refractivity contribution in [3.05, 3.63) is 33.8 Å². The summed E-state index contributed by atoms with van der Waals surface area (Å²) in [5, 5.41) is 4.73. The van der Waals surface area contributed by atoms with Crippen LogP contribution in [0.1, 0.15) is 25.8 Å². The molecule has 0 bridgehead atoms. The highest BCUT2D eigenvalue weighted by atomic mass is 35.5. The van der Waals surface area contributed by atoms with Gasteiger partial charge < -0.3 is 10.1 Å². The molecule has 4 atom stereocenters. The van der Waals surface area contributed by atoms with Gasteiger partial charge >= 0.3 is 0 Å². The zero-order chi connectivity index (χ0) is 14.3. The van der Waals surface area contributed by atoms with E-state index in [1.807, 2.05) is 12.1 Å². The Morgan fingerprint density at radius 3 is 2.52 bits per heavy atom. The first-order valence-corrected chi connectivity index (χ1v) is 8.13. The lowest BCUT2D eigenvalue weighted by atomic mass is 9.91. The predicted octanol–water partition coefficient (Wildman–Crippen LogP) is 4.32. The molecule has 5 heteroatoms. The van der Waals surface area contributed by atoms with Gasteiger partial charge in [0.05, 0.1) is 22.8 Å². The highest BCUT2D eigenvalue weighted by Crippen LogP contribution is 2.62. The summed E-state index contributed by atoms with van der Waals surface area (Å²) in [7, 11) is 0.